The minimum absolute atomic E-state index is 0.268. The van der Waals surface area contributed by atoms with Crippen LogP contribution < -0.4 is 10.1 Å². The monoisotopic (exact) mass is 585 g/mol. The SMILES string of the molecule is CCc1cc(Oc2c(C)cc(CC(NC(c3ccccc3)(c3ccccc3)c3ccccc3)C(=O)O)cc2C)cc(C)c1O. The van der Waals surface area contributed by atoms with Crippen molar-refractivity contribution in [2.45, 2.75) is 52.1 Å². The van der Waals surface area contributed by atoms with Gasteiger partial charge < -0.3 is 14.9 Å². The number of aliphatic carboxylic acids is 1. The number of phenols is 1. The number of carboxylic acids is 1. The van der Waals surface area contributed by atoms with Gasteiger partial charge in [-0.3, -0.25) is 10.1 Å². The fourth-order valence-corrected chi connectivity index (χ4v) is 6.09. The lowest BCUT2D eigenvalue weighted by Gasteiger charge is -2.39. The van der Waals surface area contributed by atoms with Gasteiger partial charge in [0.1, 0.15) is 23.3 Å². The number of hydrogen-bond donors (Lipinski definition) is 3. The van der Waals surface area contributed by atoms with E-state index < -0.39 is 17.6 Å². The molecule has 0 saturated heterocycles. The molecule has 0 fully saturated rings. The second-order valence-electron chi connectivity index (χ2n) is 11.3. The molecule has 5 nitrogen and oxygen atoms in total. The number of nitrogens with one attached hydrogen (secondary N) is 1. The summed E-state index contributed by atoms with van der Waals surface area (Å²) in [5, 5.41) is 24.6. The Morgan fingerprint density at radius 3 is 1.66 bits per heavy atom. The number of carbonyl (C=O) groups is 1. The summed E-state index contributed by atoms with van der Waals surface area (Å²) in [6.07, 6.45) is 0.963. The van der Waals surface area contributed by atoms with E-state index in [1.807, 2.05) is 143 Å². The number of aryl methyl sites for hydroxylation is 4. The largest absolute Gasteiger partial charge is 0.507 e. The van der Waals surface area contributed by atoms with Crippen LogP contribution in [0.15, 0.2) is 115 Å². The molecule has 5 rings (SSSR count). The van der Waals surface area contributed by atoms with Crippen LogP contribution in [0.5, 0.6) is 17.2 Å². The minimum Gasteiger partial charge on any atom is -0.507 e. The molecule has 5 aromatic carbocycles. The third-order valence-corrected chi connectivity index (χ3v) is 8.22. The second-order valence-corrected chi connectivity index (χ2v) is 11.3. The van der Waals surface area contributed by atoms with Crippen molar-refractivity contribution in [2.75, 3.05) is 0 Å². The molecular formula is C39H39NO4. The lowest BCUT2D eigenvalue weighted by molar-refractivity contribution is -0.139. The number of ether oxygens (including phenoxy) is 1. The van der Waals surface area contributed by atoms with E-state index in [9.17, 15) is 15.0 Å². The van der Waals surface area contributed by atoms with E-state index >= 15 is 0 Å². The van der Waals surface area contributed by atoms with Crippen LogP contribution in [-0.2, 0) is 23.2 Å². The summed E-state index contributed by atoms with van der Waals surface area (Å²) in [4.78, 5) is 13.0. The summed E-state index contributed by atoms with van der Waals surface area (Å²) in [5.41, 5.74) is 6.27. The van der Waals surface area contributed by atoms with Crippen molar-refractivity contribution in [1.82, 2.24) is 5.32 Å². The summed E-state index contributed by atoms with van der Waals surface area (Å²) in [5.74, 6) is 0.764. The summed E-state index contributed by atoms with van der Waals surface area (Å²) < 4.78 is 6.34. The zero-order chi connectivity index (χ0) is 31.3. The standard InChI is InChI=1S/C39H39NO4/c1-5-30-25-34(23-26(2)36(30)41)44-37-27(3)21-29(22-28(37)4)24-35(38(42)43)40-39(31-15-9-6-10-16-31,32-17-11-7-12-18-32)33-19-13-8-14-20-33/h6-23,25,35,40-41H,5,24H2,1-4H3,(H,42,43). The molecule has 5 heteroatoms. The van der Waals surface area contributed by atoms with Crippen LogP contribution >= 0.6 is 0 Å². The van der Waals surface area contributed by atoms with Gasteiger partial charge in [0.15, 0.2) is 0 Å². The van der Waals surface area contributed by atoms with Crippen LogP contribution in [0, 0.1) is 20.8 Å². The summed E-state index contributed by atoms with van der Waals surface area (Å²) in [6.45, 7) is 7.82. The molecule has 3 N–H and O–H groups in total. The number of rotatable bonds is 11. The third kappa shape index (κ3) is 6.24. The van der Waals surface area contributed by atoms with Gasteiger partial charge in [-0.1, -0.05) is 110 Å². The Kier molecular flexibility index (Phi) is 9.17. The highest BCUT2D eigenvalue weighted by Crippen LogP contribution is 2.38. The molecule has 0 aliphatic heterocycles. The number of phenolic OH excluding ortho intramolecular Hbond substituents is 1. The van der Waals surface area contributed by atoms with Gasteiger partial charge in [0.25, 0.3) is 0 Å². The molecule has 5 aromatic rings. The first-order valence-electron chi connectivity index (χ1n) is 15.0. The van der Waals surface area contributed by atoms with E-state index in [0.29, 0.717) is 17.9 Å². The summed E-state index contributed by atoms with van der Waals surface area (Å²) >= 11 is 0. The molecule has 0 aromatic heterocycles. The van der Waals surface area contributed by atoms with E-state index in [0.717, 1.165) is 50.3 Å². The van der Waals surface area contributed by atoms with Gasteiger partial charge in [-0.05, 0) is 90.3 Å². The van der Waals surface area contributed by atoms with Crippen molar-refractivity contribution in [1.29, 1.82) is 0 Å². The molecule has 0 radical (unpaired) electrons. The van der Waals surface area contributed by atoms with Crippen molar-refractivity contribution >= 4 is 5.97 Å². The number of aromatic hydroxyl groups is 1. The molecule has 1 unspecified atom stereocenters. The summed E-state index contributed by atoms with van der Waals surface area (Å²) in [7, 11) is 0. The molecule has 0 aliphatic carbocycles. The number of carboxylic acid groups (broad SMARTS) is 1. The molecule has 0 spiro atoms. The fraction of sp³-hybridized carbons (Fsp3) is 0.205. The van der Waals surface area contributed by atoms with Crippen molar-refractivity contribution in [2.24, 2.45) is 0 Å². The van der Waals surface area contributed by atoms with Gasteiger partial charge in [-0.25, -0.2) is 0 Å². The first-order chi connectivity index (χ1) is 21.2. The van der Waals surface area contributed by atoms with Crippen LogP contribution in [0.2, 0.25) is 0 Å². The minimum atomic E-state index is -0.931. The van der Waals surface area contributed by atoms with Crippen LogP contribution in [0.3, 0.4) is 0 Å². The highest BCUT2D eigenvalue weighted by atomic mass is 16.5. The van der Waals surface area contributed by atoms with E-state index in [2.05, 4.69) is 5.32 Å². The predicted molar refractivity (Wildman–Crippen MR) is 176 cm³/mol. The predicted octanol–water partition coefficient (Wildman–Crippen LogP) is 8.25. The van der Waals surface area contributed by atoms with Crippen molar-refractivity contribution in [3.05, 3.63) is 160 Å². The Morgan fingerprint density at radius 1 is 0.750 bits per heavy atom. The maximum Gasteiger partial charge on any atom is 0.321 e. The molecule has 0 bridgehead atoms. The quantitative estimate of drug-likeness (QED) is 0.136. The zero-order valence-electron chi connectivity index (χ0n) is 25.7. The summed E-state index contributed by atoms with van der Waals surface area (Å²) in [6, 6.07) is 36.9. The average molecular weight is 586 g/mol. The van der Waals surface area contributed by atoms with E-state index in [1.165, 1.54) is 0 Å². The molecule has 0 heterocycles. The molecule has 0 amide bonds. The van der Waals surface area contributed by atoms with Crippen molar-refractivity contribution in [3.8, 4) is 17.2 Å². The van der Waals surface area contributed by atoms with E-state index in [1.54, 1.807) is 0 Å². The van der Waals surface area contributed by atoms with Crippen LogP contribution in [0.4, 0.5) is 0 Å². The third-order valence-electron chi connectivity index (χ3n) is 8.22. The molecule has 44 heavy (non-hydrogen) atoms. The topological polar surface area (TPSA) is 78.8 Å². The Bertz CT molecular complexity index is 1610. The van der Waals surface area contributed by atoms with Gasteiger partial charge in [0, 0.05) is 0 Å². The Balaban J connectivity index is 1.53. The molecule has 224 valence electrons. The van der Waals surface area contributed by atoms with E-state index in [4.69, 9.17) is 4.74 Å². The first kappa shape index (κ1) is 30.6. The van der Waals surface area contributed by atoms with Gasteiger partial charge in [-0.15, -0.1) is 0 Å². The van der Waals surface area contributed by atoms with Gasteiger partial charge in [0.05, 0.1) is 5.54 Å². The zero-order valence-corrected chi connectivity index (χ0v) is 25.7. The number of hydrogen-bond acceptors (Lipinski definition) is 4. The first-order valence-corrected chi connectivity index (χ1v) is 15.0. The number of benzene rings is 5. The molecule has 1 atom stereocenters. The lowest BCUT2D eigenvalue weighted by atomic mass is 9.76. The van der Waals surface area contributed by atoms with E-state index in [-0.39, 0.29) is 6.42 Å². The lowest BCUT2D eigenvalue weighted by Crippen LogP contribution is -2.53. The van der Waals surface area contributed by atoms with Crippen LogP contribution in [0.1, 0.15) is 51.4 Å². The van der Waals surface area contributed by atoms with Gasteiger partial charge >= 0.3 is 5.97 Å². The second kappa shape index (κ2) is 13.2. The average Bonchev–Trinajstić information content (AvgIpc) is 3.03. The fourth-order valence-electron chi connectivity index (χ4n) is 6.09. The van der Waals surface area contributed by atoms with Gasteiger partial charge in [-0.2, -0.15) is 0 Å². The molecule has 0 aliphatic rings. The Morgan fingerprint density at radius 2 is 1.23 bits per heavy atom. The molecular weight excluding hydrogens is 546 g/mol. The highest BCUT2D eigenvalue weighted by Gasteiger charge is 2.39. The Hall–Kier alpha value is -4.87. The van der Waals surface area contributed by atoms with Crippen molar-refractivity contribution in [3.63, 3.8) is 0 Å². The highest BCUT2D eigenvalue weighted by molar-refractivity contribution is 5.75. The van der Waals surface area contributed by atoms with Crippen molar-refractivity contribution < 1.29 is 19.7 Å². The maximum absolute atomic E-state index is 13.0. The van der Waals surface area contributed by atoms with Crippen LogP contribution in [-0.4, -0.2) is 22.2 Å². The normalized spacial score (nSPS) is 12.1. The van der Waals surface area contributed by atoms with Gasteiger partial charge in [0.2, 0.25) is 0 Å². The Labute approximate surface area is 259 Å². The maximum atomic E-state index is 13.0. The molecule has 0 saturated carbocycles. The smallest absolute Gasteiger partial charge is 0.321 e. The van der Waals surface area contributed by atoms with Crippen LogP contribution in [0.25, 0.3) is 0 Å².